The summed E-state index contributed by atoms with van der Waals surface area (Å²) in [5, 5.41) is 2.62. The lowest BCUT2D eigenvalue weighted by atomic mass is 10.0. The molecule has 0 fully saturated rings. The Bertz CT molecular complexity index is 866. The summed E-state index contributed by atoms with van der Waals surface area (Å²) < 4.78 is 37.3. The fraction of sp³-hybridized carbons (Fsp3) is 0.300. The number of carbonyl (C=O) groups excluding carboxylic acids is 2. The number of amides is 1. The van der Waals surface area contributed by atoms with Crippen molar-refractivity contribution in [1.82, 2.24) is 0 Å². The van der Waals surface area contributed by atoms with Crippen LogP contribution in [0.4, 0.5) is 14.5 Å². The van der Waals surface area contributed by atoms with Gasteiger partial charge in [0.2, 0.25) is 0 Å². The predicted molar refractivity (Wildman–Crippen MR) is 102 cm³/mol. The predicted octanol–water partition coefficient (Wildman–Crippen LogP) is 4.61. The van der Waals surface area contributed by atoms with Crippen molar-refractivity contribution in [2.45, 2.75) is 26.7 Å². The van der Waals surface area contributed by atoms with Crippen LogP contribution in [0.2, 0.25) is 5.02 Å². The zero-order chi connectivity index (χ0) is 20.8. The minimum Gasteiger partial charge on any atom is -0.482 e. The number of carbonyl (C=O) groups is 2. The quantitative estimate of drug-likeness (QED) is 0.676. The van der Waals surface area contributed by atoms with E-state index in [1.165, 1.54) is 6.07 Å². The van der Waals surface area contributed by atoms with Gasteiger partial charge in [-0.15, -0.1) is 0 Å². The summed E-state index contributed by atoms with van der Waals surface area (Å²) >= 11 is 6.12. The summed E-state index contributed by atoms with van der Waals surface area (Å²) in [6, 6.07) is 6.66. The smallest absolute Gasteiger partial charge is 0.344 e. The highest BCUT2D eigenvalue weighted by molar-refractivity contribution is 6.31. The Morgan fingerprint density at radius 2 is 1.79 bits per heavy atom. The second-order valence-corrected chi connectivity index (χ2v) is 6.80. The summed E-state index contributed by atoms with van der Waals surface area (Å²) in [5.41, 5.74) is 1.02. The van der Waals surface area contributed by atoms with Gasteiger partial charge in [-0.05, 0) is 48.2 Å². The number of ether oxygens (including phenoxy) is 2. The highest BCUT2D eigenvalue weighted by Crippen LogP contribution is 2.32. The molecule has 150 valence electrons. The summed E-state index contributed by atoms with van der Waals surface area (Å²) in [4.78, 5) is 23.6. The van der Waals surface area contributed by atoms with Crippen LogP contribution >= 0.6 is 11.6 Å². The van der Waals surface area contributed by atoms with Crippen LogP contribution in [0.1, 0.15) is 30.9 Å². The Balaban J connectivity index is 1.90. The Hall–Kier alpha value is -2.67. The van der Waals surface area contributed by atoms with Gasteiger partial charge < -0.3 is 14.8 Å². The van der Waals surface area contributed by atoms with E-state index >= 15 is 0 Å². The summed E-state index contributed by atoms with van der Waals surface area (Å²) in [6.07, 6.45) is 0. The molecule has 28 heavy (non-hydrogen) atoms. The van der Waals surface area contributed by atoms with Crippen LogP contribution in [0.3, 0.4) is 0 Å². The summed E-state index contributed by atoms with van der Waals surface area (Å²) in [6.45, 7) is 4.59. The number of halogens is 3. The molecule has 2 rings (SSSR count). The first kappa shape index (κ1) is 21.6. The Kier molecular flexibility index (Phi) is 7.34. The van der Waals surface area contributed by atoms with Crippen LogP contribution < -0.4 is 10.1 Å². The van der Waals surface area contributed by atoms with E-state index in [2.05, 4.69) is 0 Å². The molecule has 0 aromatic heterocycles. The highest BCUT2D eigenvalue weighted by atomic mass is 35.5. The van der Waals surface area contributed by atoms with Gasteiger partial charge in [0.15, 0.2) is 13.2 Å². The minimum absolute atomic E-state index is 0.116. The molecule has 0 unspecified atom stereocenters. The molecular formula is C20H20ClF2NO4. The van der Waals surface area contributed by atoms with Crippen molar-refractivity contribution in [2.75, 3.05) is 18.5 Å². The maximum absolute atomic E-state index is 13.5. The van der Waals surface area contributed by atoms with Crippen molar-refractivity contribution < 1.29 is 27.8 Å². The van der Waals surface area contributed by atoms with Crippen molar-refractivity contribution in [3.8, 4) is 5.75 Å². The molecule has 0 radical (unpaired) electrons. The third kappa shape index (κ3) is 5.66. The van der Waals surface area contributed by atoms with Crippen LogP contribution in [-0.4, -0.2) is 25.1 Å². The SMILES string of the molecule is Cc1cc(OCC(=O)OCC(=O)Nc2c(F)cccc2F)c(C(C)C)cc1Cl. The molecule has 0 atom stereocenters. The van der Waals surface area contributed by atoms with Gasteiger partial charge in [-0.3, -0.25) is 4.79 Å². The van der Waals surface area contributed by atoms with Crippen LogP contribution in [0.15, 0.2) is 30.3 Å². The van der Waals surface area contributed by atoms with Crippen molar-refractivity contribution in [2.24, 2.45) is 0 Å². The van der Waals surface area contributed by atoms with E-state index in [-0.39, 0.29) is 5.92 Å². The van der Waals surface area contributed by atoms with E-state index in [9.17, 15) is 18.4 Å². The monoisotopic (exact) mass is 411 g/mol. The van der Waals surface area contributed by atoms with Crippen LogP contribution in [0.5, 0.6) is 5.75 Å². The third-order valence-corrected chi connectivity index (χ3v) is 4.26. The molecule has 0 aliphatic rings. The van der Waals surface area contributed by atoms with E-state index in [1.54, 1.807) is 12.1 Å². The summed E-state index contributed by atoms with van der Waals surface area (Å²) in [7, 11) is 0. The molecule has 5 nitrogen and oxygen atoms in total. The number of aryl methyl sites for hydroxylation is 1. The van der Waals surface area contributed by atoms with Gasteiger partial charge in [-0.25, -0.2) is 13.6 Å². The third-order valence-electron chi connectivity index (χ3n) is 3.85. The molecule has 0 saturated carbocycles. The number of para-hydroxylation sites is 1. The molecule has 0 spiro atoms. The molecule has 0 heterocycles. The van der Waals surface area contributed by atoms with Crippen LogP contribution in [0, 0.1) is 18.6 Å². The molecule has 0 saturated heterocycles. The van der Waals surface area contributed by atoms with E-state index in [4.69, 9.17) is 21.1 Å². The fourth-order valence-electron chi connectivity index (χ4n) is 2.36. The van der Waals surface area contributed by atoms with Crippen molar-refractivity contribution in [3.63, 3.8) is 0 Å². The molecule has 1 N–H and O–H groups in total. The first-order valence-electron chi connectivity index (χ1n) is 8.51. The highest BCUT2D eigenvalue weighted by Gasteiger charge is 2.16. The topological polar surface area (TPSA) is 64.6 Å². The number of esters is 1. The van der Waals surface area contributed by atoms with Crippen LogP contribution in [-0.2, 0) is 14.3 Å². The molecule has 0 aliphatic carbocycles. The van der Waals surface area contributed by atoms with Gasteiger partial charge in [-0.2, -0.15) is 0 Å². The van der Waals surface area contributed by atoms with Gasteiger partial charge in [0, 0.05) is 5.02 Å². The largest absolute Gasteiger partial charge is 0.482 e. The average molecular weight is 412 g/mol. The normalized spacial score (nSPS) is 10.7. The van der Waals surface area contributed by atoms with Gasteiger partial charge in [0.1, 0.15) is 23.1 Å². The lowest BCUT2D eigenvalue weighted by molar-refractivity contribution is -0.149. The summed E-state index contributed by atoms with van der Waals surface area (Å²) in [5.74, 6) is -2.92. The zero-order valence-electron chi connectivity index (χ0n) is 15.6. The van der Waals surface area contributed by atoms with Crippen molar-refractivity contribution >= 4 is 29.2 Å². The first-order valence-corrected chi connectivity index (χ1v) is 8.89. The molecule has 0 bridgehead atoms. The lowest BCUT2D eigenvalue weighted by Gasteiger charge is -2.15. The molecule has 8 heteroatoms. The fourth-order valence-corrected chi connectivity index (χ4v) is 2.54. The molecule has 2 aromatic carbocycles. The molecule has 2 aromatic rings. The van der Waals surface area contributed by atoms with Crippen LogP contribution in [0.25, 0.3) is 0 Å². The van der Waals surface area contributed by atoms with Gasteiger partial charge in [-0.1, -0.05) is 31.5 Å². The second-order valence-electron chi connectivity index (χ2n) is 6.39. The average Bonchev–Trinajstić information content (AvgIpc) is 2.63. The van der Waals surface area contributed by atoms with E-state index in [1.807, 2.05) is 26.1 Å². The second kappa shape index (κ2) is 9.50. The van der Waals surface area contributed by atoms with E-state index < -0.39 is 42.4 Å². The number of benzene rings is 2. The number of rotatable bonds is 7. The Labute approximate surface area is 166 Å². The number of hydrogen-bond acceptors (Lipinski definition) is 4. The maximum atomic E-state index is 13.5. The standard InChI is InChI=1S/C20H20ClF2NO4/c1-11(2)13-8-14(21)12(3)7-17(13)27-10-19(26)28-9-18(25)24-20-15(22)5-4-6-16(20)23/h4-8,11H,9-10H2,1-3H3,(H,24,25). The van der Waals surface area contributed by atoms with Gasteiger partial charge in [0.25, 0.3) is 5.91 Å². The lowest BCUT2D eigenvalue weighted by Crippen LogP contribution is -2.24. The number of nitrogens with one attached hydrogen (secondary N) is 1. The van der Waals surface area contributed by atoms with Gasteiger partial charge in [0.05, 0.1) is 0 Å². The molecular weight excluding hydrogens is 392 g/mol. The minimum atomic E-state index is -0.928. The maximum Gasteiger partial charge on any atom is 0.344 e. The van der Waals surface area contributed by atoms with E-state index in [0.717, 1.165) is 23.3 Å². The van der Waals surface area contributed by atoms with E-state index in [0.29, 0.717) is 10.8 Å². The molecule has 1 amide bonds. The van der Waals surface area contributed by atoms with Crippen molar-refractivity contribution in [3.05, 3.63) is 58.1 Å². The molecule has 0 aliphatic heterocycles. The number of hydrogen-bond donors (Lipinski definition) is 1. The Morgan fingerprint density at radius 1 is 1.14 bits per heavy atom. The zero-order valence-corrected chi connectivity index (χ0v) is 16.4. The van der Waals surface area contributed by atoms with Crippen molar-refractivity contribution in [1.29, 1.82) is 0 Å². The van der Waals surface area contributed by atoms with Gasteiger partial charge >= 0.3 is 5.97 Å². The Morgan fingerprint density at radius 3 is 2.39 bits per heavy atom. The first-order chi connectivity index (χ1) is 13.2. The number of anilines is 1.